The van der Waals surface area contributed by atoms with E-state index in [0.717, 1.165) is 16.7 Å². The van der Waals surface area contributed by atoms with Crippen LogP contribution in [0, 0.1) is 0 Å². The Morgan fingerprint density at radius 3 is 2.17 bits per heavy atom. The zero-order valence-corrected chi connectivity index (χ0v) is 12.2. The van der Waals surface area contributed by atoms with Crippen LogP contribution in [0.5, 0.6) is 0 Å². The van der Waals surface area contributed by atoms with Gasteiger partial charge in [-0.1, -0.05) is 28.1 Å². The van der Waals surface area contributed by atoms with E-state index in [0.29, 0.717) is 0 Å². The number of anilines is 2. The van der Waals surface area contributed by atoms with Crippen molar-refractivity contribution in [2.45, 2.75) is 6.54 Å². The number of nitrogens with zero attached hydrogens (tertiary/aromatic N) is 1. The lowest BCUT2D eigenvalue weighted by atomic mass is 10.2. The minimum Gasteiger partial charge on any atom is -0.388 e. The topological polar surface area (TPSA) is 15.3 Å². The number of halogens is 1. The third kappa shape index (κ3) is 3.26. The molecule has 94 valence electrons. The Labute approximate surface area is 117 Å². The fourth-order valence-electron chi connectivity index (χ4n) is 1.84. The van der Waals surface area contributed by atoms with Crippen molar-refractivity contribution in [2.75, 3.05) is 24.3 Å². The summed E-state index contributed by atoms with van der Waals surface area (Å²) in [5.74, 6) is 0. The number of rotatable bonds is 4. The van der Waals surface area contributed by atoms with Crippen molar-refractivity contribution < 1.29 is 0 Å². The molecule has 0 unspecified atom stereocenters. The van der Waals surface area contributed by atoms with Gasteiger partial charge in [0.1, 0.15) is 0 Å². The van der Waals surface area contributed by atoms with Crippen LogP contribution in [-0.4, -0.2) is 14.1 Å². The van der Waals surface area contributed by atoms with Gasteiger partial charge in [0.05, 0.1) is 0 Å². The summed E-state index contributed by atoms with van der Waals surface area (Å²) < 4.78 is 1.12. The molecule has 1 N–H and O–H groups in total. The molecule has 0 amide bonds. The molecule has 2 aromatic rings. The van der Waals surface area contributed by atoms with Crippen LogP contribution >= 0.6 is 15.9 Å². The first-order valence-corrected chi connectivity index (χ1v) is 6.72. The van der Waals surface area contributed by atoms with Gasteiger partial charge in [0.2, 0.25) is 0 Å². The third-order valence-electron chi connectivity index (χ3n) is 2.93. The second-order valence-electron chi connectivity index (χ2n) is 4.28. The van der Waals surface area contributed by atoms with E-state index in [1.54, 1.807) is 0 Å². The summed E-state index contributed by atoms with van der Waals surface area (Å²) in [4.78, 5) is 2.24. The summed E-state index contributed by atoms with van der Waals surface area (Å²) in [6.45, 7) is 0.909. The Morgan fingerprint density at radius 1 is 1.00 bits per heavy atom. The maximum Gasteiger partial charge on any atom is 0.0426 e. The fourth-order valence-corrected chi connectivity index (χ4v) is 2.10. The molecule has 0 bridgehead atoms. The van der Waals surface area contributed by atoms with Crippen molar-refractivity contribution in [1.29, 1.82) is 0 Å². The van der Waals surface area contributed by atoms with Crippen molar-refractivity contribution in [3.05, 3.63) is 58.6 Å². The van der Waals surface area contributed by atoms with Gasteiger partial charge in [-0.3, -0.25) is 0 Å². The van der Waals surface area contributed by atoms with Gasteiger partial charge < -0.3 is 10.2 Å². The minimum atomic E-state index is 0.909. The van der Waals surface area contributed by atoms with Crippen LogP contribution in [0.25, 0.3) is 0 Å². The standard InChI is InChI=1S/C15H17BrN2/c1-17-14-7-9-15(10-8-14)18(2)11-12-3-5-13(16)6-4-12/h3-10,17H,11H2,1-2H3. The lowest BCUT2D eigenvalue weighted by Gasteiger charge is -2.19. The van der Waals surface area contributed by atoms with E-state index in [1.165, 1.54) is 11.3 Å². The van der Waals surface area contributed by atoms with Crippen molar-refractivity contribution in [3.8, 4) is 0 Å². The highest BCUT2D eigenvalue weighted by atomic mass is 79.9. The molecule has 2 nitrogen and oxygen atoms in total. The lowest BCUT2D eigenvalue weighted by molar-refractivity contribution is 0.923. The third-order valence-corrected chi connectivity index (χ3v) is 3.46. The predicted molar refractivity (Wildman–Crippen MR) is 82.2 cm³/mol. The Morgan fingerprint density at radius 2 is 1.61 bits per heavy atom. The van der Waals surface area contributed by atoms with Gasteiger partial charge in [0.15, 0.2) is 0 Å². The first-order chi connectivity index (χ1) is 8.69. The van der Waals surface area contributed by atoms with Crippen molar-refractivity contribution in [1.82, 2.24) is 0 Å². The van der Waals surface area contributed by atoms with Crippen molar-refractivity contribution in [3.63, 3.8) is 0 Å². The van der Waals surface area contributed by atoms with Gasteiger partial charge in [-0.2, -0.15) is 0 Å². The van der Waals surface area contributed by atoms with E-state index < -0.39 is 0 Å². The molecule has 2 rings (SSSR count). The Hall–Kier alpha value is -1.48. The van der Waals surface area contributed by atoms with Crippen LogP contribution in [0.15, 0.2) is 53.0 Å². The molecule has 0 saturated heterocycles. The van der Waals surface area contributed by atoms with Crippen molar-refractivity contribution in [2.24, 2.45) is 0 Å². The normalized spacial score (nSPS) is 10.2. The first-order valence-electron chi connectivity index (χ1n) is 5.92. The summed E-state index contributed by atoms with van der Waals surface area (Å²) >= 11 is 3.45. The largest absolute Gasteiger partial charge is 0.388 e. The van der Waals surface area contributed by atoms with Crippen LogP contribution in [0.3, 0.4) is 0 Å². The van der Waals surface area contributed by atoms with E-state index in [4.69, 9.17) is 0 Å². The molecule has 3 heteroatoms. The van der Waals surface area contributed by atoms with E-state index in [1.807, 2.05) is 7.05 Å². The molecule has 2 aromatic carbocycles. The summed E-state index contributed by atoms with van der Waals surface area (Å²) in [6, 6.07) is 16.9. The van der Waals surface area contributed by atoms with Crippen LogP contribution in [-0.2, 0) is 6.54 Å². The SMILES string of the molecule is CNc1ccc(N(C)Cc2ccc(Br)cc2)cc1. The molecule has 0 aliphatic heterocycles. The van der Waals surface area contributed by atoms with Crippen molar-refractivity contribution >= 4 is 27.3 Å². The number of hydrogen-bond acceptors (Lipinski definition) is 2. The predicted octanol–water partition coefficient (Wildman–Crippen LogP) is 4.13. The molecule has 0 heterocycles. The van der Waals surface area contributed by atoms with E-state index in [-0.39, 0.29) is 0 Å². The van der Waals surface area contributed by atoms with Gasteiger partial charge in [-0.05, 0) is 42.0 Å². The Balaban J connectivity index is 2.06. The van der Waals surface area contributed by atoms with Gasteiger partial charge in [-0.25, -0.2) is 0 Å². The van der Waals surface area contributed by atoms with E-state index in [9.17, 15) is 0 Å². The average molecular weight is 305 g/mol. The van der Waals surface area contributed by atoms with Crippen LogP contribution in [0.4, 0.5) is 11.4 Å². The van der Waals surface area contributed by atoms with E-state index >= 15 is 0 Å². The van der Waals surface area contributed by atoms with Gasteiger partial charge in [0.25, 0.3) is 0 Å². The zero-order chi connectivity index (χ0) is 13.0. The fraction of sp³-hybridized carbons (Fsp3) is 0.200. The van der Waals surface area contributed by atoms with Crippen LogP contribution in [0.1, 0.15) is 5.56 Å². The maximum absolute atomic E-state index is 3.45. The van der Waals surface area contributed by atoms with E-state index in [2.05, 4.69) is 81.7 Å². The Kier molecular flexibility index (Phi) is 4.26. The first kappa shape index (κ1) is 13.0. The quantitative estimate of drug-likeness (QED) is 0.914. The average Bonchev–Trinajstić information content (AvgIpc) is 2.41. The minimum absolute atomic E-state index is 0.909. The molecule has 0 fully saturated rings. The summed E-state index contributed by atoms with van der Waals surface area (Å²) in [5.41, 5.74) is 3.66. The molecule has 0 spiro atoms. The Bertz CT molecular complexity index is 491. The monoisotopic (exact) mass is 304 g/mol. The number of benzene rings is 2. The second-order valence-corrected chi connectivity index (χ2v) is 5.20. The highest BCUT2D eigenvalue weighted by Crippen LogP contribution is 2.19. The number of nitrogens with one attached hydrogen (secondary N) is 1. The van der Waals surface area contributed by atoms with Crippen LogP contribution in [0.2, 0.25) is 0 Å². The molecular formula is C15H17BrN2. The summed E-state index contributed by atoms with van der Waals surface area (Å²) in [5, 5.41) is 3.13. The molecule has 0 atom stereocenters. The lowest BCUT2D eigenvalue weighted by Crippen LogP contribution is -2.16. The summed E-state index contributed by atoms with van der Waals surface area (Å²) in [7, 11) is 4.04. The molecule has 18 heavy (non-hydrogen) atoms. The molecule has 0 radical (unpaired) electrons. The molecule has 0 aliphatic rings. The zero-order valence-electron chi connectivity index (χ0n) is 10.7. The second kappa shape index (κ2) is 5.91. The maximum atomic E-state index is 3.45. The number of hydrogen-bond donors (Lipinski definition) is 1. The molecule has 0 aromatic heterocycles. The molecule has 0 saturated carbocycles. The molecular weight excluding hydrogens is 288 g/mol. The smallest absolute Gasteiger partial charge is 0.0426 e. The molecule has 0 aliphatic carbocycles. The van der Waals surface area contributed by atoms with Gasteiger partial charge in [-0.15, -0.1) is 0 Å². The summed E-state index contributed by atoms with van der Waals surface area (Å²) in [6.07, 6.45) is 0. The van der Waals surface area contributed by atoms with Gasteiger partial charge in [0, 0.05) is 36.5 Å². The van der Waals surface area contributed by atoms with Gasteiger partial charge >= 0.3 is 0 Å². The highest BCUT2D eigenvalue weighted by molar-refractivity contribution is 9.10. The highest BCUT2D eigenvalue weighted by Gasteiger charge is 2.02. The van der Waals surface area contributed by atoms with Crippen LogP contribution < -0.4 is 10.2 Å².